The summed E-state index contributed by atoms with van der Waals surface area (Å²) in [5.41, 5.74) is 6.55. The fourth-order valence-electron chi connectivity index (χ4n) is 4.93. The fourth-order valence-corrected chi connectivity index (χ4v) is 4.93. The number of para-hydroxylation sites is 1. The van der Waals surface area contributed by atoms with Crippen molar-refractivity contribution in [3.63, 3.8) is 0 Å². The van der Waals surface area contributed by atoms with Crippen LogP contribution in [0.2, 0.25) is 0 Å². The second-order valence-corrected chi connectivity index (χ2v) is 8.49. The van der Waals surface area contributed by atoms with Gasteiger partial charge in [0.25, 0.3) is 0 Å². The number of hydrogen-bond donors (Lipinski definition) is 0. The number of piperidine rings is 1. The van der Waals surface area contributed by atoms with E-state index in [-0.39, 0.29) is 5.92 Å². The predicted molar refractivity (Wildman–Crippen MR) is 124 cm³/mol. The topological polar surface area (TPSA) is 12.5 Å². The molecule has 152 valence electrons. The highest BCUT2D eigenvalue weighted by Gasteiger charge is 2.33. The van der Waals surface area contributed by atoms with E-state index >= 15 is 0 Å². The predicted octanol–water partition coefficient (Wildman–Crippen LogP) is 6.42. The third-order valence-corrected chi connectivity index (χ3v) is 6.46. The average Bonchev–Trinajstić information content (AvgIpc) is 2.80. The number of hydrogen-bond acceptors (Lipinski definition) is 2. The van der Waals surface area contributed by atoms with E-state index in [1.54, 1.807) is 0 Å². The third-order valence-electron chi connectivity index (χ3n) is 6.46. The van der Waals surface area contributed by atoms with Gasteiger partial charge in [-0.1, -0.05) is 79.2 Å². The SMILES string of the molecule is Cc1ccccc1[C@H]1C(CN2CCCCC2)=C(c2ccccc2)Oc2ccccc21. The van der Waals surface area contributed by atoms with Crippen LogP contribution in [-0.2, 0) is 0 Å². The average molecular weight is 396 g/mol. The van der Waals surface area contributed by atoms with Crippen molar-refractivity contribution in [1.82, 2.24) is 4.90 Å². The largest absolute Gasteiger partial charge is 0.456 e. The van der Waals surface area contributed by atoms with Gasteiger partial charge in [0.15, 0.2) is 0 Å². The minimum atomic E-state index is 0.216. The van der Waals surface area contributed by atoms with E-state index < -0.39 is 0 Å². The van der Waals surface area contributed by atoms with Crippen LogP contribution in [0.1, 0.15) is 47.4 Å². The van der Waals surface area contributed by atoms with Crippen molar-refractivity contribution in [2.24, 2.45) is 0 Å². The first kappa shape index (κ1) is 19.1. The van der Waals surface area contributed by atoms with Gasteiger partial charge in [-0.05, 0) is 55.6 Å². The van der Waals surface area contributed by atoms with Crippen molar-refractivity contribution < 1.29 is 4.74 Å². The Morgan fingerprint density at radius 2 is 1.43 bits per heavy atom. The van der Waals surface area contributed by atoms with E-state index in [1.807, 2.05) is 0 Å². The van der Waals surface area contributed by atoms with Crippen LogP contribution in [0.15, 0.2) is 84.4 Å². The number of nitrogens with zero attached hydrogens (tertiary/aromatic N) is 1. The molecule has 0 bridgehead atoms. The zero-order valence-corrected chi connectivity index (χ0v) is 17.7. The molecule has 5 rings (SSSR count). The zero-order valence-electron chi connectivity index (χ0n) is 17.7. The van der Waals surface area contributed by atoms with E-state index in [0.29, 0.717) is 0 Å². The van der Waals surface area contributed by atoms with Crippen molar-refractivity contribution in [2.75, 3.05) is 19.6 Å². The molecule has 0 amide bonds. The summed E-state index contributed by atoms with van der Waals surface area (Å²) in [4.78, 5) is 2.62. The molecule has 0 aliphatic carbocycles. The molecule has 1 saturated heterocycles. The van der Waals surface area contributed by atoms with Gasteiger partial charge in [0.05, 0.1) is 0 Å². The van der Waals surface area contributed by atoms with Gasteiger partial charge in [0, 0.05) is 23.6 Å². The van der Waals surface area contributed by atoms with Crippen LogP contribution < -0.4 is 4.74 Å². The summed E-state index contributed by atoms with van der Waals surface area (Å²) in [6.45, 7) is 5.53. The van der Waals surface area contributed by atoms with Crippen LogP contribution >= 0.6 is 0 Å². The Bertz CT molecular complexity index is 1050. The van der Waals surface area contributed by atoms with Gasteiger partial charge >= 0.3 is 0 Å². The molecule has 2 aliphatic heterocycles. The van der Waals surface area contributed by atoms with Crippen molar-refractivity contribution in [3.8, 4) is 5.75 Å². The zero-order chi connectivity index (χ0) is 20.3. The van der Waals surface area contributed by atoms with Crippen molar-refractivity contribution in [3.05, 3.63) is 107 Å². The van der Waals surface area contributed by atoms with Gasteiger partial charge in [-0.15, -0.1) is 0 Å². The first-order valence-electron chi connectivity index (χ1n) is 11.1. The minimum Gasteiger partial charge on any atom is -0.456 e. The highest BCUT2D eigenvalue weighted by molar-refractivity contribution is 5.73. The molecule has 0 saturated carbocycles. The second kappa shape index (κ2) is 8.49. The van der Waals surface area contributed by atoms with Gasteiger partial charge in [-0.3, -0.25) is 4.90 Å². The normalized spacial score (nSPS) is 19.3. The van der Waals surface area contributed by atoms with Crippen LogP contribution in [0.25, 0.3) is 5.76 Å². The number of ether oxygens (including phenoxy) is 1. The smallest absolute Gasteiger partial charge is 0.136 e. The number of rotatable bonds is 4. The molecule has 2 aliphatic rings. The maximum Gasteiger partial charge on any atom is 0.136 e. The lowest BCUT2D eigenvalue weighted by atomic mass is 9.79. The van der Waals surface area contributed by atoms with E-state index in [1.165, 1.54) is 54.6 Å². The number of fused-ring (bicyclic) bond motifs is 1. The lowest BCUT2D eigenvalue weighted by Gasteiger charge is -2.36. The quantitative estimate of drug-likeness (QED) is 0.506. The Morgan fingerprint density at radius 3 is 2.20 bits per heavy atom. The van der Waals surface area contributed by atoms with E-state index in [0.717, 1.165) is 23.6 Å². The molecule has 3 aromatic rings. The Hall–Kier alpha value is -2.84. The van der Waals surface area contributed by atoms with E-state index in [9.17, 15) is 0 Å². The molecule has 0 aromatic heterocycles. The first-order chi connectivity index (χ1) is 14.8. The fraction of sp³-hybridized carbons (Fsp3) is 0.286. The van der Waals surface area contributed by atoms with Crippen molar-refractivity contribution in [2.45, 2.75) is 32.1 Å². The molecule has 0 radical (unpaired) electrons. The summed E-state index contributed by atoms with van der Waals surface area (Å²) in [7, 11) is 0. The lowest BCUT2D eigenvalue weighted by molar-refractivity contribution is 0.242. The van der Waals surface area contributed by atoms with Crippen LogP contribution in [-0.4, -0.2) is 24.5 Å². The monoisotopic (exact) mass is 395 g/mol. The highest BCUT2D eigenvalue weighted by Crippen LogP contribution is 2.46. The minimum absolute atomic E-state index is 0.216. The maximum absolute atomic E-state index is 6.62. The summed E-state index contributed by atoms with van der Waals surface area (Å²) < 4.78 is 6.62. The molecule has 0 unspecified atom stereocenters. The third kappa shape index (κ3) is 3.68. The molecule has 0 spiro atoms. The molecule has 1 fully saturated rings. The highest BCUT2D eigenvalue weighted by atomic mass is 16.5. The summed E-state index contributed by atoms with van der Waals surface area (Å²) >= 11 is 0. The van der Waals surface area contributed by atoms with Crippen molar-refractivity contribution in [1.29, 1.82) is 0 Å². The molecule has 30 heavy (non-hydrogen) atoms. The van der Waals surface area contributed by atoms with Crippen LogP contribution in [0.5, 0.6) is 5.75 Å². The molecule has 3 aromatic carbocycles. The molecule has 1 atom stereocenters. The molecule has 2 nitrogen and oxygen atoms in total. The number of aryl methyl sites for hydroxylation is 1. The van der Waals surface area contributed by atoms with Gasteiger partial charge in [0.2, 0.25) is 0 Å². The van der Waals surface area contributed by atoms with Crippen LogP contribution in [0.3, 0.4) is 0 Å². The Kier molecular flexibility index (Phi) is 5.42. The lowest BCUT2D eigenvalue weighted by Crippen LogP contribution is -2.34. The molecule has 2 heteroatoms. The molecule has 0 N–H and O–H groups in total. The number of benzene rings is 3. The summed E-state index contributed by atoms with van der Waals surface area (Å²) in [5, 5.41) is 0. The van der Waals surface area contributed by atoms with Crippen LogP contribution in [0.4, 0.5) is 0 Å². The van der Waals surface area contributed by atoms with Gasteiger partial charge < -0.3 is 4.74 Å². The summed E-state index contributed by atoms with van der Waals surface area (Å²) in [6.07, 6.45) is 3.93. The maximum atomic E-state index is 6.62. The van der Waals surface area contributed by atoms with Gasteiger partial charge in [-0.2, -0.15) is 0 Å². The Labute approximate surface area is 179 Å². The van der Waals surface area contributed by atoms with Gasteiger partial charge in [-0.25, -0.2) is 0 Å². The second-order valence-electron chi connectivity index (χ2n) is 8.49. The van der Waals surface area contributed by atoms with Crippen molar-refractivity contribution >= 4 is 5.76 Å². The van der Waals surface area contributed by atoms with E-state index in [2.05, 4.69) is 90.7 Å². The van der Waals surface area contributed by atoms with Gasteiger partial charge in [0.1, 0.15) is 11.5 Å². The Morgan fingerprint density at radius 1 is 0.767 bits per heavy atom. The molecular formula is C28H29NO. The summed E-state index contributed by atoms with van der Waals surface area (Å²) in [5.74, 6) is 2.23. The summed E-state index contributed by atoms with van der Waals surface area (Å²) in [6, 6.07) is 28.0. The van der Waals surface area contributed by atoms with E-state index in [4.69, 9.17) is 4.74 Å². The first-order valence-corrected chi connectivity index (χ1v) is 11.1. The van der Waals surface area contributed by atoms with Crippen LogP contribution in [0, 0.1) is 6.92 Å². The molecule has 2 heterocycles. The standard InChI is InChI=1S/C28H29NO/c1-21-12-6-7-15-23(21)27-24-16-8-9-17-26(24)30-28(22-13-4-2-5-14-22)25(27)20-29-18-10-3-11-19-29/h2,4-9,12-17,27H,3,10-11,18-20H2,1H3/t27-/m1/s1. The Balaban J connectivity index is 1.70. The molecular weight excluding hydrogens is 366 g/mol. The number of likely N-dealkylation sites (tertiary alicyclic amines) is 1.